The molecule has 0 saturated carbocycles. The molecule has 2 aliphatic rings. The number of hydrogen-bond acceptors (Lipinski definition) is 8. The Bertz CT molecular complexity index is 1180. The number of nitrogens with one attached hydrogen (secondary N) is 1. The van der Waals surface area contributed by atoms with E-state index in [1.165, 1.54) is 4.57 Å². The van der Waals surface area contributed by atoms with Crippen LogP contribution in [0.25, 0.3) is 5.69 Å². The number of carbonyl (C=O) groups is 2. The maximum absolute atomic E-state index is 12.7. The van der Waals surface area contributed by atoms with Crippen LogP contribution in [0.1, 0.15) is 25.8 Å². The number of piperazine rings is 1. The monoisotopic (exact) mass is 526 g/mol. The highest BCUT2D eigenvalue weighted by Crippen LogP contribution is 2.18. The van der Waals surface area contributed by atoms with Crippen LogP contribution >= 0.6 is 0 Å². The lowest BCUT2D eigenvalue weighted by atomic mass is 9.93. The Morgan fingerprint density at radius 2 is 1.74 bits per heavy atom. The second kappa shape index (κ2) is 11.6. The third kappa shape index (κ3) is 6.57. The van der Waals surface area contributed by atoms with E-state index in [0.717, 1.165) is 31.6 Å². The topological polar surface area (TPSA) is 163 Å². The zero-order valence-electron chi connectivity index (χ0n) is 22.0. The van der Waals surface area contributed by atoms with Crippen LogP contribution in [0.2, 0.25) is 0 Å². The van der Waals surface area contributed by atoms with E-state index in [1.807, 2.05) is 24.3 Å². The van der Waals surface area contributed by atoms with Gasteiger partial charge in [-0.1, -0.05) is 12.1 Å². The van der Waals surface area contributed by atoms with Gasteiger partial charge in [-0.05, 0) is 50.6 Å². The van der Waals surface area contributed by atoms with Gasteiger partial charge in [-0.25, -0.2) is 9.59 Å². The van der Waals surface area contributed by atoms with Crippen molar-refractivity contribution in [2.45, 2.75) is 38.4 Å². The van der Waals surface area contributed by atoms with Crippen LogP contribution in [-0.2, 0) is 11.3 Å². The second-order valence-corrected chi connectivity index (χ2v) is 10.7. The van der Waals surface area contributed by atoms with Crippen LogP contribution in [-0.4, -0.2) is 98.8 Å². The van der Waals surface area contributed by atoms with Crippen LogP contribution in [0.15, 0.2) is 41.3 Å². The first-order valence-electron chi connectivity index (χ1n) is 13.0. The van der Waals surface area contributed by atoms with E-state index >= 15 is 0 Å². The Balaban J connectivity index is 1.32. The molecule has 4 rings (SSSR count). The number of nitrogens with two attached hydrogens (primary N) is 2. The Morgan fingerprint density at radius 1 is 1.08 bits per heavy atom. The number of aliphatic hydroxyl groups excluding tert-OH is 1. The number of hydrogen-bond donors (Lipinski definition) is 4. The molecule has 2 atom stereocenters. The average molecular weight is 527 g/mol. The van der Waals surface area contributed by atoms with Gasteiger partial charge >= 0.3 is 11.7 Å². The van der Waals surface area contributed by atoms with Gasteiger partial charge in [-0.15, -0.1) is 0 Å². The summed E-state index contributed by atoms with van der Waals surface area (Å²) in [4.78, 5) is 47.3. The van der Waals surface area contributed by atoms with Gasteiger partial charge in [0.15, 0.2) is 0 Å². The van der Waals surface area contributed by atoms with Gasteiger partial charge in [0.25, 0.3) is 0 Å². The summed E-state index contributed by atoms with van der Waals surface area (Å²) in [6, 6.07) is 8.90. The van der Waals surface area contributed by atoms with E-state index in [-0.39, 0.29) is 36.3 Å². The van der Waals surface area contributed by atoms with E-state index in [2.05, 4.69) is 15.2 Å². The molecule has 12 heteroatoms. The number of piperidine rings is 1. The molecule has 206 valence electrons. The van der Waals surface area contributed by atoms with Gasteiger partial charge in [0.2, 0.25) is 5.91 Å². The number of aromatic nitrogens is 2. The first-order valence-corrected chi connectivity index (χ1v) is 13.0. The molecule has 2 aromatic rings. The number of anilines is 1. The smallest absolute Gasteiger partial charge is 0.354 e. The van der Waals surface area contributed by atoms with E-state index in [1.54, 1.807) is 35.9 Å². The summed E-state index contributed by atoms with van der Waals surface area (Å²) in [6.07, 6.45) is 2.44. The fourth-order valence-corrected chi connectivity index (χ4v) is 4.86. The fourth-order valence-electron chi connectivity index (χ4n) is 4.86. The summed E-state index contributed by atoms with van der Waals surface area (Å²) in [5.74, 6) is 0.0997. The van der Waals surface area contributed by atoms with E-state index < -0.39 is 11.2 Å². The molecule has 2 saturated heterocycles. The minimum Gasteiger partial charge on any atom is -0.396 e. The maximum Gasteiger partial charge on any atom is 0.354 e. The molecule has 2 aliphatic heterocycles. The minimum absolute atomic E-state index is 0.0376. The number of carbonyl (C=O) groups excluding carboxylic acids is 2. The summed E-state index contributed by atoms with van der Waals surface area (Å²) in [7, 11) is 0. The Kier molecular flexibility index (Phi) is 8.46. The molecule has 0 radical (unpaired) electrons. The molecular weight excluding hydrogens is 488 g/mol. The zero-order valence-corrected chi connectivity index (χ0v) is 22.0. The standard InChI is InChI=1S/C26H38N8O4/c1-26(2,28)23(36)32-11-13-33(14-12-32)24(37)29-22-8-10-34(25(38)30-22)20-5-3-18(4-6-20)15-31-9-7-21(27)19(16-31)17-35/h3-6,8,10,19,21,35H,7,9,11-17,27-28H2,1-2H3,(H,29,30,37,38). The van der Waals surface area contributed by atoms with Crippen molar-refractivity contribution in [3.8, 4) is 5.69 Å². The second-order valence-electron chi connectivity index (χ2n) is 10.7. The number of rotatable bonds is 6. The molecule has 3 amide bonds. The van der Waals surface area contributed by atoms with Crippen LogP contribution in [0, 0.1) is 5.92 Å². The Hall–Kier alpha value is -3.32. The minimum atomic E-state index is -0.954. The summed E-state index contributed by atoms with van der Waals surface area (Å²) < 4.78 is 1.42. The van der Waals surface area contributed by atoms with Crippen LogP contribution in [0.4, 0.5) is 10.6 Å². The molecule has 1 aromatic carbocycles. The molecular formula is C26H38N8O4. The predicted octanol–water partition coefficient (Wildman–Crippen LogP) is -0.213. The van der Waals surface area contributed by atoms with E-state index in [9.17, 15) is 19.5 Å². The average Bonchev–Trinajstić information content (AvgIpc) is 2.89. The third-order valence-corrected chi connectivity index (χ3v) is 7.18. The zero-order chi connectivity index (χ0) is 27.4. The van der Waals surface area contributed by atoms with Crippen molar-refractivity contribution in [2.75, 3.05) is 51.2 Å². The van der Waals surface area contributed by atoms with Gasteiger partial charge in [-0.3, -0.25) is 19.6 Å². The molecule has 0 aliphatic carbocycles. The quantitative estimate of drug-likeness (QED) is 0.402. The van der Waals surface area contributed by atoms with Crippen molar-refractivity contribution < 1.29 is 14.7 Å². The normalized spacial score (nSPS) is 20.9. The Labute approximate surface area is 222 Å². The maximum atomic E-state index is 12.7. The predicted molar refractivity (Wildman–Crippen MR) is 144 cm³/mol. The molecule has 2 fully saturated rings. The van der Waals surface area contributed by atoms with Crippen LogP contribution in [0.5, 0.6) is 0 Å². The number of benzene rings is 1. The SMILES string of the molecule is CC(C)(N)C(=O)N1CCN(C(=O)Nc2ccn(-c3ccc(CN4CCC(N)C(CO)C4)cc3)c(=O)n2)CC1. The Morgan fingerprint density at radius 3 is 2.34 bits per heavy atom. The highest BCUT2D eigenvalue weighted by atomic mass is 16.3. The number of urea groups is 1. The van der Waals surface area contributed by atoms with E-state index in [4.69, 9.17) is 11.5 Å². The van der Waals surface area contributed by atoms with Crippen LogP contribution in [0.3, 0.4) is 0 Å². The van der Waals surface area contributed by atoms with Crippen LogP contribution < -0.4 is 22.5 Å². The molecule has 6 N–H and O–H groups in total. The van der Waals surface area contributed by atoms with Crippen molar-refractivity contribution in [2.24, 2.45) is 17.4 Å². The lowest BCUT2D eigenvalue weighted by Gasteiger charge is -2.37. The molecule has 12 nitrogen and oxygen atoms in total. The molecule has 2 unspecified atom stereocenters. The third-order valence-electron chi connectivity index (χ3n) is 7.18. The molecule has 1 aromatic heterocycles. The first-order chi connectivity index (χ1) is 18.0. The van der Waals surface area contributed by atoms with Gasteiger partial charge in [-0.2, -0.15) is 4.98 Å². The van der Waals surface area contributed by atoms with Crippen molar-refractivity contribution in [1.82, 2.24) is 24.3 Å². The highest BCUT2D eigenvalue weighted by Gasteiger charge is 2.31. The summed E-state index contributed by atoms with van der Waals surface area (Å²) in [6.45, 7) is 7.32. The number of nitrogens with zero attached hydrogens (tertiary/aromatic N) is 5. The lowest BCUT2D eigenvalue weighted by Crippen LogP contribution is -2.58. The molecule has 3 heterocycles. The number of likely N-dealkylation sites (tertiary alicyclic amines) is 1. The summed E-state index contributed by atoms with van der Waals surface area (Å²) in [5.41, 5.74) is 12.3. The van der Waals surface area contributed by atoms with Crippen molar-refractivity contribution >= 4 is 17.8 Å². The molecule has 0 spiro atoms. The first kappa shape index (κ1) is 27.7. The van der Waals surface area contributed by atoms with Gasteiger partial charge in [0.05, 0.1) is 11.2 Å². The lowest BCUT2D eigenvalue weighted by molar-refractivity contribution is -0.137. The number of amides is 3. The number of aliphatic hydroxyl groups is 1. The highest BCUT2D eigenvalue weighted by molar-refractivity contribution is 5.89. The summed E-state index contributed by atoms with van der Waals surface area (Å²) >= 11 is 0. The van der Waals surface area contributed by atoms with Gasteiger partial charge < -0.3 is 26.4 Å². The van der Waals surface area contributed by atoms with E-state index in [0.29, 0.717) is 31.9 Å². The van der Waals surface area contributed by atoms with Crippen molar-refractivity contribution in [3.05, 3.63) is 52.6 Å². The molecule has 38 heavy (non-hydrogen) atoms. The molecule has 0 bridgehead atoms. The van der Waals surface area contributed by atoms with Gasteiger partial charge in [0.1, 0.15) is 5.82 Å². The van der Waals surface area contributed by atoms with Crippen molar-refractivity contribution in [3.63, 3.8) is 0 Å². The fraction of sp³-hybridized carbons (Fsp3) is 0.538. The summed E-state index contributed by atoms with van der Waals surface area (Å²) in [5, 5.41) is 12.2. The largest absolute Gasteiger partial charge is 0.396 e. The van der Waals surface area contributed by atoms with Gasteiger partial charge in [0, 0.05) is 64.0 Å². The van der Waals surface area contributed by atoms with Crippen molar-refractivity contribution in [1.29, 1.82) is 0 Å².